The van der Waals surface area contributed by atoms with Crippen molar-refractivity contribution in [3.8, 4) is 0 Å². The van der Waals surface area contributed by atoms with Gasteiger partial charge >= 0.3 is 0 Å². The summed E-state index contributed by atoms with van der Waals surface area (Å²) < 4.78 is 0. The molecule has 2 N–H and O–H groups in total. The Balaban J connectivity index is 0.000000240. The zero-order valence-electron chi connectivity index (χ0n) is 11.9. The molecule has 5 heteroatoms. The van der Waals surface area contributed by atoms with Crippen LogP contribution in [0.1, 0.15) is 25.6 Å². The Kier molecular flexibility index (Phi) is 6.89. The number of nitrogens with zero attached hydrogens (tertiary/aromatic N) is 2. The highest BCUT2D eigenvalue weighted by Gasteiger charge is 2.04. The van der Waals surface area contributed by atoms with Gasteiger partial charge in [-0.3, -0.25) is 4.79 Å². The lowest BCUT2D eigenvalue weighted by Crippen LogP contribution is -2.17. The molecule has 1 aliphatic heterocycles. The fourth-order valence-corrected chi connectivity index (χ4v) is 1.76. The van der Waals surface area contributed by atoms with Gasteiger partial charge in [0.05, 0.1) is 0 Å². The van der Waals surface area contributed by atoms with E-state index in [9.17, 15) is 4.79 Å². The van der Waals surface area contributed by atoms with Gasteiger partial charge in [-0.1, -0.05) is 13.2 Å². The van der Waals surface area contributed by atoms with Crippen LogP contribution in [-0.2, 0) is 4.79 Å². The topological polar surface area (TPSA) is 61.0 Å². The molecule has 1 aromatic rings. The van der Waals surface area contributed by atoms with Crippen molar-refractivity contribution >= 4 is 12.0 Å². The number of imidazole rings is 1. The first-order valence-corrected chi connectivity index (χ1v) is 6.63. The van der Waals surface area contributed by atoms with E-state index in [4.69, 9.17) is 0 Å². The number of hydrogen-bond donors (Lipinski definition) is 2. The molecule has 0 bridgehead atoms. The second-order valence-corrected chi connectivity index (χ2v) is 4.41. The summed E-state index contributed by atoms with van der Waals surface area (Å²) in [5.74, 6) is 0.489. The number of rotatable bonds is 4. The number of aromatic nitrogens is 2. The first-order chi connectivity index (χ1) is 9.67. The Hall–Kier alpha value is -2.30. The summed E-state index contributed by atoms with van der Waals surface area (Å²) in [4.78, 5) is 20.3. The van der Waals surface area contributed by atoms with Gasteiger partial charge in [0.15, 0.2) is 0 Å². The van der Waals surface area contributed by atoms with Crippen molar-refractivity contribution in [1.82, 2.24) is 20.2 Å². The third kappa shape index (κ3) is 5.56. The molecule has 108 valence electrons. The van der Waals surface area contributed by atoms with Gasteiger partial charge in [0, 0.05) is 31.1 Å². The Morgan fingerprint density at radius 3 is 2.60 bits per heavy atom. The van der Waals surface area contributed by atoms with E-state index in [-0.39, 0.29) is 5.91 Å². The Labute approximate surface area is 120 Å². The van der Waals surface area contributed by atoms with Crippen molar-refractivity contribution in [3.05, 3.63) is 49.3 Å². The molecule has 0 saturated carbocycles. The average Bonchev–Trinajstić information content (AvgIpc) is 3.12. The molecule has 0 aliphatic carbocycles. The predicted octanol–water partition coefficient (Wildman–Crippen LogP) is 2.30. The minimum Gasteiger partial charge on any atom is -0.378 e. The second-order valence-electron chi connectivity index (χ2n) is 4.41. The smallest absolute Gasteiger partial charge is 0.250 e. The third-order valence-corrected chi connectivity index (χ3v) is 2.86. The van der Waals surface area contributed by atoms with Crippen molar-refractivity contribution in [3.63, 3.8) is 0 Å². The number of amides is 1. The second kappa shape index (κ2) is 8.74. The normalized spacial score (nSPS) is 14.2. The van der Waals surface area contributed by atoms with Crippen molar-refractivity contribution in [1.29, 1.82) is 0 Å². The van der Waals surface area contributed by atoms with E-state index in [1.165, 1.54) is 32.1 Å². The predicted molar refractivity (Wildman–Crippen MR) is 81.6 cm³/mol. The monoisotopic (exact) mass is 274 g/mol. The summed E-state index contributed by atoms with van der Waals surface area (Å²) in [6, 6.07) is 0. The van der Waals surface area contributed by atoms with Crippen LogP contribution < -0.4 is 5.32 Å². The van der Waals surface area contributed by atoms with E-state index < -0.39 is 0 Å². The number of carbonyl (C=O) groups excluding carboxylic acids is 1. The van der Waals surface area contributed by atoms with Gasteiger partial charge in [0.2, 0.25) is 0 Å². The van der Waals surface area contributed by atoms with Crippen LogP contribution in [0.4, 0.5) is 0 Å². The molecule has 1 amide bonds. The molecule has 0 aromatic carbocycles. The van der Waals surface area contributed by atoms with Gasteiger partial charge in [-0.2, -0.15) is 0 Å². The number of carbonyl (C=O) groups is 1. The highest BCUT2D eigenvalue weighted by atomic mass is 16.1. The van der Waals surface area contributed by atoms with Gasteiger partial charge in [-0.05, 0) is 38.2 Å². The maximum atomic E-state index is 11.2. The Bertz CT molecular complexity index is 456. The first-order valence-electron chi connectivity index (χ1n) is 6.63. The summed E-state index contributed by atoms with van der Waals surface area (Å²) in [7, 11) is 0. The van der Waals surface area contributed by atoms with Crippen LogP contribution in [-0.4, -0.2) is 33.9 Å². The van der Waals surface area contributed by atoms with Crippen LogP contribution in [0.25, 0.3) is 6.08 Å². The van der Waals surface area contributed by atoms with Crippen molar-refractivity contribution in [2.75, 3.05) is 13.1 Å². The lowest BCUT2D eigenvalue weighted by molar-refractivity contribution is -0.116. The molecule has 0 spiro atoms. The molecule has 1 aliphatic rings. The highest BCUT2D eigenvalue weighted by Crippen LogP contribution is 2.05. The Morgan fingerprint density at radius 2 is 2.15 bits per heavy atom. The molecule has 2 heterocycles. The van der Waals surface area contributed by atoms with Gasteiger partial charge in [0.25, 0.3) is 5.91 Å². The van der Waals surface area contributed by atoms with Gasteiger partial charge in [0.1, 0.15) is 5.82 Å². The average molecular weight is 274 g/mol. The highest BCUT2D eigenvalue weighted by molar-refractivity contribution is 5.97. The van der Waals surface area contributed by atoms with Gasteiger partial charge in [-0.15, -0.1) is 0 Å². The van der Waals surface area contributed by atoms with E-state index in [1.807, 2.05) is 6.20 Å². The summed E-state index contributed by atoms with van der Waals surface area (Å²) in [5.41, 5.74) is 0.579. The molecular weight excluding hydrogens is 252 g/mol. The van der Waals surface area contributed by atoms with Crippen LogP contribution >= 0.6 is 0 Å². The minimum atomic E-state index is -0.175. The molecule has 0 atom stereocenters. The maximum absolute atomic E-state index is 11.2. The fourth-order valence-electron chi connectivity index (χ4n) is 1.76. The molecule has 2 rings (SSSR count). The molecule has 1 aromatic heterocycles. The van der Waals surface area contributed by atoms with Crippen LogP contribution in [0.3, 0.4) is 0 Å². The Morgan fingerprint density at radius 1 is 1.45 bits per heavy atom. The SMILES string of the molecule is C=CN1CCCC1.C=CNC(=O)C(C)=Cc1ncc[nH]1. The minimum absolute atomic E-state index is 0.175. The standard InChI is InChI=1S/C9H11N3O.C6H11N/c1-3-10-9(13)7(2)6-8-11-4-5-12-8;1-2-7-5-3-4-6-7/h3-6H,1H2,2H3,(H,10,13)(H,11,12);2H,1,3-6H2. The quantitative estimate of drug-likeness (QED) is 0.828. The summed E-state index contributed by atoms with van der Waals surface area (Å²) in [5, 5.41) is 2.47. The molecule has 20 heavy (non-hydrogen) atoms. The van der Waals surface area contributed by atoms with Crippen molar-refractivity contribution in [2.24, 2.45) is 0 Å². The zero-order valence-corrected chi connectivity index (χ0v) is 11.9. The maximum Gasteiger partial charge on any atom is 0.250 e. The summed E-state index contributed by atoms with van der Waals surface area (Å²) in [6.45, 7) is 11.2. The van der Waals surface area contributed by atoms with Gasteiger partial charge < -0.3 is 15.2 Å². The first kappa shape index (κ1) is 15.8. The molecule has 0 unspecified atom stereocenters. The van der Waals surface area contributed by atoms with Crippen molar-refractivity contribution < 1.29 is 4.79 Å². The van der Waals surface area contributed by atoms with Crippen molar-refractivity contribution in [2.45, 2.75) is 19.8 Å². The summed E-state index contributed by atoms with van der Waals surface area (Å²) >= 11 is 0. The third-order valence-electron chi connectivity index (χ3n) is 2.86. The van der Waals surface area contributed by atoms with Crippen LogP contribution in [0, 0.1) is 0 Å². The van der Waals surface area contributed by atoms with E-state index in [1.54, 1.807) is 25.4 Å². The van der Waals surface area contributed by atoms with E-state index in [0.717, 1.165) is 0 Å². The molecule has 1 saturated heterocycles. The fraction of sp³-hybridized carbons (Fsp3) is 0.333. The van der Waals surface area contributed by atoms with E-state index >= 15 is 0 Å². The van der Waals surface area contributed by atoms with Crippen LogP contribution in [0.15, 0.2) is 43.5 Å². The largest absolute Gasteiger partial charge is 0.378 e. The summed E-state index contributed by atoms with van der Waals surface area (Å²) in [6.07, 6.45) is 11.0. The number of nitrogens with one attached hydrogen (secondary N) is 2. The molecule has 1 fully saturated rings. The van der Waals surface area contributed by atoms with E-state index in [0.29, 0.717) is 11.4 Å². The molecular formula is C15H22N4O. The number of hydrogen-bond acceptors (Lipinski definition) is 3. The van der Waals surface area contributed by atoms with Gasteiger partial charge in [-0.25, -0.2) is 4.98 Å². The number of likely N-dealkylation sites (tertiary alicyclic amines) is 1. The van der Waals surface area contributed by atoms with Crippen LogP contribution in [0.2, 0.25) is 0 Å². The molecule has 5 nitrogen and oxygen atoms in total. The molecule has 0 radical (unpaired) electrons. The lowest BCUT2D eigenvalue weighted by atomic mass is 10.2. The van der Waals surface area contributed by atoms with Crippen LogP contribution in [0.5, 0.6) is 0 Å². The van der Waals surface area contributed by atoms with E-state index in [2.05, 4.69) is 33.3 Å². The zero-order chi connectivity index (χ0) is 14.8. The lowest BCUT2D eigenvalue weighted by Gasteiger charge is -2.07. The number of H-pyrrole nitrogens is 1. The number of aromatic amines is 1.